The van der Waals surface area contributed by atoms with Crippen LogP contribution in [0.5, 0.6) is 0 Å². The molecule has 0 aliphatic heterocycles. The van der Waals surface area contributed by atoms with Crippen molar-refractivity contribution in [2.75, 3.05) is 0 Å². The van der Waals surface area contributed by atoms with Crippen LogP contribution >= 0.6 is 0 Å². The summed E-state index contributed by atoms with van der Waals surface area (Å²) in [6, 6.07) is 2.35. The van der Waals surface area contributed by atoms with E-state index in [1.165, 1.54) is 24.0 Å². The fourth-order valence-corrected chi connectivity index (χ4v) is 1.65. The molecule has 0 unspecified atom stereocenters. The molecular weight excluding hydrogens is 240 g/mol. The summed E-state index contributed by atoms with van der Waals surface area (Å²) in [5, 5.41) is 3.80. The normalized spacial score (nSPS) is 10.7. The van der Waals surface area contributed by atoms with Crippen LogP contribution in [-0.4, -0.2) is 20.5 Å². The molecule has 6 heteroatoms. The van der Waals surface area contributed by atoms with Crippen molar-refractivity contribution in [3.05, 3.63) is 47.0 Å². The Morgan fingerprint density at radius 3 is 2.78 bits per heavy atom. The highest BCUT2D eigenvalue weighted by Crippen LogP contribution is 2.19. The zero-order valence-electron chi connectivity index (χ0n) is 9.94. The van der Waals surface area contributed by atoms with Crippen molar-refractivity contribution < 1.29 is 13.6 Å². The Hall–Kier alpha value is -2.11. The van der Waals surface area contributed by atoms with E-state index in [4.69, 9.17) is 0 Å². The number of hydrogen-bond acceptors (Lipinski definition) is 3. The quantitative estimate of drug-likeness (QED) is 0.785. The van der Waals surface area contributed by atoms with Gasteiger partial charge in [-0.2, -0.15) is 5.10 Å². The first-order valence-corrected chi connectivity index (χ1v) is 5.43. The highest BCUT2D eigenvalue weighted by Gasteiger charge is 2.24. The SMILES string of the molecule is CCn1ncnc1C(=O)c1c(F)ccc(C)c1F. The van der Waals surface area contributed by atoms with Crippen molar-refractivity contribution in [1.29, 1.82) is 0 Å². The number of aryl methyl sites for hydroxylation is 2. The molecule has 0 radical (unpaired) electrons. The third kappa shape index (κ3) is 1.90. The van der Waals surface area contributed by atoms with Crippen LogP contribution < -0.4 is 0 Å². The second-order valence-electron chi connectivity index (χ2n) is 3.78. The number of benzene rings is 1. The Labute approximate surface area is 102 Å². The summed E-state index contributed by atoms with van der Waals surface area (Å²) in [7, 11) is 0. The Morgan fingerprint density at radius 2 is 2.11 bits per heavy atom. The van der Waals surface area contributed by atoms with Crippen molar-refractivity contribution in [2.24, 2.45) is 0 Å². The number of ketones is 1. The molecule has 0 bridgehead atoms. The lowest BCUT2D eigenvalue weighted by molar-refractivity contribution is 0.101. The van der Waals surface area contributed by atoms with E-state index in [2.05, 4.69) is 10.1 Å². The van der Waals surface area contributed by atoms with E-state index < -0.39 is 23.0 Å². The smallest absolute Gasteiger partial charge is 0.235 e. The molecule has 2 aromatic rings. The molecule has 4 nitrogen and oxygen atoms in total. The van der Waals surface area contributed by atoms with Gasteiger partial charge in [0.2, 0.25) is 5.78 Å². The van der Waals surface area contributed by atoms with Gasteiger partial charge >= 0.3 is 0 Å². The lowest BCUT2D eigenvalue weighted by atomic mass is 10.1. The number of carbonyl (C=O) groups excluding carboxylic acids is 1. The van der Waals surface area contributed by atoms with Crippen LogP contribution in [-0.2, 0) is 6.54 Å². The van der Waals surface area contributed by atoms with E-state index in [0.29, 0.717) is 6.54 Å². The predicted molar refractivity (Wildman–Crippen MR) is 60.2 cm³/mol. The third-order valence-electron chi connectivity index (χ3n) is 2.63. The van der Waals surface area contributed by atoms with Gasteiger partial charge in [-0.1, -0.05) is 6.07 Å². The number of aromatic nitrogens is 3. The molecule has 0 atom stereocenters. The van der Waals surface area contributed by atoms with Gasteiger partial charge in [-0.05, 0) is 25.5 Å². The van der Waals surface area contributed by atoms with Crippen molar-refractivity contribution >= 4 is 5.78 Å². The average Bonchev–Trinajstić information content (AvgIpc) is 2.82. The Kier molecular flexibility index (Phi) is 3.18. The van der Waals surface area contributed by atoms with E-state index in [1.807, 2.05) is 0 Å². The molecule has 0 aliphatic rings. The maximum absolute atomic E-state index is 13.8. The van der Waals surface area contributed by atoms with Crippen molar-refractivity contribution in [3.8, 4) is 0 Å². The maximum Gasteiger partial charge on any atom is 0.235 e. The van der Waals surface area contributed by atoms with Crippen LogP contribution in [0.1, 0.15) is 28.7 Å². The molecule has 0 spiro atoms. The van der Waals surface area contributed by atoms with E-state index in [0.717, 1.165) is 6.07 Å². The number of rotatable bonds is 3. The zero-order chi connectivity index (χ0) is 13.3. The molecule has 1 heterocycles. The summed E-state index contributed by atoms with van der Waals surface area (Å²) < 4.78 is 28.7. The molecule has 1 aromatic heterocycles. The van der Waals surface area contributed by atoms with Crippen LogP contribution in [0.3, 0.4) is 0 Å². The van der Waals surface area contributed by atoms with Gasteiger partial charge in [0.05, 0.1) is 5.56 Å². The van der Waals surface area contributed by atoms with Gasteiger partial charge in [0.15, 0.2) is 5.82 Å². The summed E-state index contributed by atoms with van der Waals surface area (Å²) in [6.45, 7) is 3.63. The minimum absolute atomic E-state index is 0.0686. The van der Waals surface area contributed by atoms with Crippen LogP contribution in [0.2, 0.25) is 0 Å². The zero-order valence-corrected chi connectivity index (χ0v) is 9.94. The Morgan fingerprint density at radius 1 is 1.39 bits per heavy atom. The van der Waals surface area contributed by atoms with Gasteiger partial charge in [-0.3, -0.25) is 4.79 Å². The van der Waals surface area contributed by atoms with Gasteiger partial charge < -0.3 is 0 Å². The highest BCUT2D eigenvalue weighted by atomic mass is 19.1. The summed E-state index contributed by atoms with van der Waals surface area (Å²) in [5.41, 5.74) is -0.375. The number of halogens is 2. The molecule has 0 fully saturated rings. The van der Waals surface area contributed by atoms with Crippen molar-refractivity contribution in [1.82, 2.24) is 14.8 Å². The number of hydrogen-bond donors (Lipinski definition) is 0. The van der Waals surface area contributed by atoms with Gasteiger partial charge in [0.1, 0.15) is 18.0 Å². The highest BCUT2D eigenvalue weighted by molar-refractivity contribution is 6.07. The van der Waals surface area contributed by atoms with Gasteiger partial charge in [-0.15, -0.1) is 0 Å². The Bertz CT molecular complexity index is 607. The molecule has 2 rings (SSSR count). The number of nitrogens with zero attached hydrogens (tertiary/aromatic N) is 3. The molecule has 0 N–H and O–H groups in total. The second-order valence-corrected chi connectivity index (χ2v) is 3.78. The number of carbonyl (C=O) groups is 1. The van der Waals surface area contributed by atoms with Gasteiger partial charge in [0.25, 0.3) is 0 Å². The summed E-state index contributed by atoms with van der Waals surface area (Å²) in [4.78, 5) is 15.8. The largest absolute Gasteiger partial charge is 0.285 e. The topological polar surface area (TPSA) is 47.8 Å². The van der Waals surface area contributed by atoms with Crippen LogP contribution in [0.25, 0.3) is 0 Å². The van der Waals surface area contributed by atoms with Crippen LogP contribution in [0.15, 0.2) is 18.5 Å². The fraction of sp³-hybridized carbons (Fsp3) is 0.250. The van der Waals surface area contributed by atoms with E-state index in [9.17, 15) is 13.6 Å². The molecule has 94 valence electrons. The van der Waals surface area contributed by atoms with E-state index in [1.54, 1.807) is 6.92 Å². The lowest BCUT2D eigenvalue weighted by Crippen LogP contribution is -2.15. The van der Waals surface area contributed by atoms with Crippen LogP contribution in [0.4, 0.5) is 8.78 Å². The maximum atomic E-state index is 13.8. The fourth-order valence-electron chi connectivity index (χ4n) is 1.65. The van der Waals surface area contributed by atoms with E-state index in [-0.39, 0.29) is 11.4 Å². The standard InChI is InChI=1S/C12H11F2N3O/c1-3-17-12(15-6-16-17)11(18)9-8(13)5-4-7(2)10(9)14/h4-6H,3H2,1-2H3. The van der Waals surface area contributed by atoms with Gasteiger partial charge in [-0.25, -0.2) is 18.4 Å². The molecule has 0 aliphatic carbocycles. The first-order chi connectivity index (χ1) is 8.56. The molecule has 1 aromatic carbocycles. The summed E-state index contributed by atoms with van der Waals surface area (Å²) >= 11 is 0. The molecule has 18 heavy (non-hydrogen) atoms. The predicted octanol–water partition coefficient (Wildman–Crippen LogP) is 2.12. The molecule has 0 amide bonds. The minimum Gasteiger partial charge on any atom is -0.285 e. The van der Waals surface area contributed by atoms with Gasteiger partial charge in [0, 0.05) is 6.54 Å². The summed E-state index contributed by atoms with van der Waals surface area (Å²) in [6.07, 6.45) is 1.18. The second kappa shape index (κ2) is 4.64. The first kappa shape index (κ1) is 12.3. The molecule has 0 saturated carbocycles. The minimum atomic E-state index is -0.895. The first-order valence-electron chi connectivity index (χ1n) is 5.43. The van der Waals surface area contributed by atoms with Crippen molar-refractivity contribution in [3.63, 3.8) is 0 Å². The van der Waals surface area contributed by atoms with Crippen LogP contribution in [0, 0.1) is 18.6 Å². The molecule has 0 saturated heterocycles. The Balaban J connectivity index is 2.56. The summed E-state index contributed by atoms with van der Waals surface area (Å²) in [5.74, 6) is -2.62. The monoisotopic (exact) mass is 251 g/mol. The van der Waals surface area contributed by atoms with Crippen molar-refractivity contribution in [2.45, 2.75) is 20.4 Å². The third-order valence-corrected chi connectivity index (χ3v) is 2.63. The average molecular weight is 251 g/mol. The van der Waals surface area contributed by atoms with E-state index >= 15 is 0 Å². The lowest BCUT2D eigenvalue weighted by Gasteiger charge is -2.06. The molecular formula is C12H11F2N3O.